The van der Waals surface area contributed by atoms with E-state index in [9.17, 15) is 0 Å². The third kappa shape index (κ3) is 2.83. The first kappa shape index (κ1) is 20.7. The lowest BCUT2D eigenvalue weighted by molar-refractivity contribution is 0.463. The summed E-state index contributed by atoms with van der Waals surface area (Å²) in [6.07, 6.45) is 0. The van der Waals surface area contributed by atoms with Crippen molar-refractivity contribution in [2.75, 3.05) is 4.90 Å². The summed E-state index contributed by atoms with van der Waals surface area (Å²) in [4.78, 5) is 2.22. The van der Waals surface area contributed by atoms with Crippen LogP contribution in [-0.4, -0.2) is 6.71 Å². The lowest BCUT2D eigenvalue weighted by Crippen LogP contribution is -2.57. The molecule has 0 atom stereocenters. The van der Waals surface area contributed by atoms with Gasteiger partial charge in [-0.15, -0.1) is 0 Å². The number of hydrogen-bond donors (Lipinski definition) is 0. The molecule has 3 aliphatic rings. The molecule has 0 aliphatic carbocycles. The van der Waals surface area contributed by atoms with Crippen LogP contribution < -0.4 is 35.5 Å². The average Bonchev–Trinajstić information content (AvgIpc) is 2.91. The molecule has 0 N–H and O–H groups in total. The van der Waals surface area contributed by atoms with E-state index in [1.165, 1.54) is 0 Å². The Kier molecular flexibility index (Phi) is 4.42. The Morgan fingerprint density at radius 3 is 1.42 bits per heavy atom. The molecule has 0 spiro atoms. The maximum Gasteiger partial charge on any atom is 0.260 e. The van der Waals surface area contributed by atoms with Gasteiger partial charge in [0.1, 0.15) is 23.0 Å². The van der Waals surface area contributed by atoms with Crippen LogP contribution in [0.2, 0.25) is 0 Å². The molecule has 0 fully saturated rings. The fourth-order valence-corrected chi connectivity index (χ4v) is 5.49. The second-order valence-electron chi connectivity index (χ2n) is 8.94. The molecule has 0 amide bonds. The van der Waals surface area contributed by atoms with Crippen LogP contribution in [0.4, 0.5) is 17.1 Å². The molecule has 36 heavy (non-hydrogen) atoms. The first-order valence-electron chi connectivity index (χ1n) is 11.7. The van der Waals surface area contributed by atoms with Gasteiger partial charge in [-0.2, -0.15) is 0 Å². The van der Waals surface area contributed by atoms with E-state index in [1.807, 2.05) is 60.7 Å². The zero-order valence-electron chi connectivity index (χ0n) is 18.6. The maximum absolute atomic E-state index is 6.51. The van der Waals surface area contributed by atoms with Crippen LogP contribution in [-0.2, 0) is 0 Å². The minimum atomic E-state index is 0. The van der Waals surface area contributed by atoms with Crippen LogP contribution in [0.3, 0.4) is 0 Å². The summed E-state index contributed by atoms with van der Waals surface area (Å²) in [5.74, 6) is 5.02. The van der Waals surface area contributed by atoms with Crippen molar-refractivity contribution in [2.24, 2.45) is 0 Å². The third-order valence-corrected chi connectivity index (χ3v) is 6.97. The van der Waals surface area contributed by atoms with Crippen molar-refractivity contribution in [3.05, 3.63) is 109 Å². The quantitative estimate of drug-likeness (QED) is 0.254. The van der Waals surface area contributed by atoms with Crippen molar-refractivity contribution < 1.29 is 14.2 Å². The van der Waals surface area contributed by atoms with Crippen molar-refractivity contribution in [1.82, 2.24) is 0 Å². The minimum Gasteiger partial charge on any atom is -0.458 e. The zero-order chi connectivity index (χ0) is 22.9. The van der Waals surface area contributed by atoms with Crippen molar-refractivity contribution in [3.8, 4) is 34.5 Å². The van der Waals surface area contributed by atoms with Crippen LogP contribution in [0.15, 0.2) is 109 Å². The molecule has 0 saturated carbocycles. The molecular formula is C31H22BNO3. The summed E-state index contributed by atoms with van der Waals surface area (Å²) in [7, 11) is 0. The van der Waals surface area contributed by atoms with Crippen molar-refractivity contribution in [1.29, 1.82) is 0 Å². The summed E-state index contributed by atoms with van der Waals surface area (Å²) in [5.41, 5.74) is 6.30. The largest absolute Gasteiger partial charge is 0.458 e. The van der Waals surface area contributed by atoms with Gasteiger partial charge >= 0.3 is 0 Å². The standard InChI is InChI=1S/C30H18BNO3.CH4/c1-5-13-24-20(9-1)31-21-10-2-6-14-25(21)34-29-18-19(17-28(33-24)30(29)31)32-22-11-3-7-15-26(22)35-27-16-8-4-12-23(27)32;/h1-18H;1H4. The van der Waals surface area contributed by atoms with E-state index in [1.54, 1.807) is 0 Å². The third-order valence-electron chi connectivity index (χ3n) is 6.97. The van der Waals surface area contributed by atoms with E-state index in [2.05, 4.69) is 53.4 Å². The monoisotopic (exact) mass is 467 g/mol. The highest BCUT2D eigenvalue weighted by molar-refractivity contribution is 6.98. The topological polar surface area (TPSA) is 30.9 Å². The Morgan fingerprint density at radius 1 is 0.472 bits per heavy atom. The number of nitrogens with zero attached hydrogens (tertiary/aromatic N) is 1. The fraction of sp³-hybridized carbons (Fsp3) is 0.0323. The number of fused-ring (bicyclic) bond motifs is 6. The van der Waals surface area contributed by atoms with E-state index >= 15 is 0 Å². The summed E-state index contributed by atoms with van der Waals surface area (Å²) in [5, 5.41) is 0. The predicted molar refractivity (Wildman–Crippen MR) is 146 cm³/mol. The van der Waals surface area contributed by atoms with Gasteiger partial charge in [0.05, 0.1) is 17.1 Å². The second-order valence-corrected chi connectivity index (χ2v) is 8.94. The van der Waals surface area contributed by atoms with Gasteiger partial charge < -0.3 is 19.1 Å². The van der Waals surface area contributed by atoms with Gasteiger partial charge in [-0.05, 0) is 47.3 Å². The van der Waals surface area contributed by atoms with E-state index in [-0.39, 0.29) is 14.1 Å². The molecule has 172 valence electrons. The minimum absolute atomic E-state index is 0. The van der Waals surface area contributed by atoms with Gasteiger partial charge in [-0.1, -0.05) is 68.1 Å². The molecule has 3 aliphatic heterocycles. The van der Waals surface area contributed by atoms with Gasteiger partial charge in [0, 0.05) is 17.6 Å². The highest BCUT2D eigenvalue weighted by atomic mass is 16.5. The first-order chi connectivity index (χ1) is 17.3. The van der Waals surface area contributed by atoms with Crippen LogP contribution in [0.1, 0.15) is 7.43 Å². The smallest absolute Gasteiger partial charge is 0.260 e. The van der Waals surface area contributed by atoms with Crippen molar-refractivity contribution in [3.63, 3.8) is 0 Å². The Labute approximate surface area is 210 Å². The lowest BCUT2D eigenvalue weighted by atomic mass is 9.35. The molecule has 5 heteroatoms. The van der Waals surface area contributed by atoms with Crippen LogP contribution in [0.5, 0.6) is 34.5 Å². The van der Waals surface area contributed by atoms with Crippen LogP contribution >= 0.6 is 0 Å². The molecule has 4 nitrogen and oxygen atoms in total. The first-order valence-corrected chi connectivity index (χ1v) is 11.7. The Balaban J connectivity index is 0.00000220. The van der Waals surface area contributed by atoms with Gasteiger partial charge in [0.2, 0.25) is 0 Å². The van der Waals surface area contributed by atoms with Crippen LogP contribution in [0, 0.1) is 0 Å². The van der Waals surface area contributed by atoms with E-state index in [0.717, 1.165) is 67.9 Å². The molecule has 8 rings (SSSR count). The molecule has 3 heterocycles. The van der Waals surface area contributed by atoms with Gasteiger partial charge in [0.15, 0.2) is 11.5 Å². The number of para-hydroxylation sites is 6. The van der Waals surface area contributed by atoms with E-state index in [4.69, 9.17) is 14.2 Å². The predicted octanol–water partition coefficient (Wildman–Crippen LogP) is 6.63. The second kappa shape index (κ2) is 7.69. The summed E-state index contributed by atoms with van der Waals surface area (Å²) >= 11 is 0. The maximum atomic E-state index is 6.51. The van der Waals surface area contributed by atoms with Crippen molar-refractivity contribution in [2.45, 2.75) is 7.43 Å². The highest BCUT2D eigenvalue weighted by Crippen LogP contribution is 2.51. The van der Waals surface area contributed by atoms with E-state index < -0.39 is 0 Å². The zero-order valence-corrected chi connectivity index (χ0v) is 18.6. The summed E-state index contributed by atoms with van der Waals surface area (Å²) in [6.45, 7) is 0.0632. The van der Waals surface area contributed by atoms with Gasteiger partial charge in [-0.3, -0.25) is 0 Å². The molecule has 0 aromatic heterocycles. The molecule has 0 bridgehead atoms. The molecule has 5 aromatic rings. The SMILES string of the molecule is C.c1ccc2c(c1)Oc1cc(N3c4ccccc4Oc4ccccc43)cc3c1B2c1ccccc1O3. The number of ether oxygens (including phenoxy) is 3. The van der Waals surface area contributed by atoms with Gasteiger partial charge in [0.25, 0.3) is 6.71 Å². The normalized spacial score (nSPS) is 13.3. The van der Waals surface area contributed by atoms with Gasteiger partial charge in [-0.25, -0.2) is 0 Å². The summed E-state index contributed by atoms with van der Waals surface area (Å²) in [6, 6.07) is 37.0. The average molecular weight is 467 g/mol. The Hall–Kier alpha value is -4.64. The number of rotatable bonds is 1. The lowest BCUT2D eigenvalue weighted by Gasteiger charge is -2.36. The number of benzene rings is 5. The van der Waals surface area contributed by atoms with E-state index in [0.29, 0.717) is 0 Å². The Morgan fingerprint density at radius 2 is 0.889 bits per heavy atom. The number of hydrogen-bond acceptors (Lipinski definition) is 4. The molecular weight excluding hydrogens is 445 g/mol. The summed E-state index contributed by atoms with van der Waals surface area (Å²) < 4.78 is 19.2. The highest BCUT2D eigenvalue weighted by Gasteiger charge is 2.40. The van der Waals surface area contributed by atoms with Crippen LogP contribution in [0.25, 0.3) is 0 Å². The number of anilines is 3. The molecule has 0 saturated heterocycles. The molecule has 0 radical (unpaired) electrons. The Bertz CT molecular complexity index is 1550. The van der Waals surface area contributed by atoms with Crippen molar-refractivity contribution >= 4 is 40.2 Å². The molecule has 0 unspecified atom stereocenters. The molecule has 5 aromatic carbocycles. The fourth-order valence-electron chi connectivity index (χ4n) is 5.49.